The van der Waals surface area contributed by atoms with Crippen LogP contribution in [0.3, 0.4) is 0 Å². The molecule has 0 saturated carbocycles. The first-order valence-electron chi connectivity index (χ1n) is 9.00. The first-order valence-corrected chi connectivity index (χ1v) is 10.5. The van der Waals surface area contributed by atoms with Gasteiger partial charge in [-0.25, -0.2) is 18.1 Å². The van der Waals surface area contributed by atoms with E-state index in [1.807, 2.05) is 0 Å². The Morgan fingerprint density at radius 2 is 1.80 bits per heavy atom. The predicted octanol–water partition coefficient (Wildman–Crippen LogP) is 1.90. The molecule has 0 aliphatic heterocycles. The van der Waals surface area contributed by atoms with Crippen molar-refractivity contribution in [3.8, 4) is 28.6 Å². The van der Waals surface area contributed by atoms with Gasteiger partial charge >= 0.3 is 0 Å². The van der Waals surface area contributed by atoms with Crippen LogP contribution >= 0.6 is 0 Å². The molecule has 0 aliphatic rings. The van der Waals surface area contributed by atoms with Gasteiger partial charge in [-0.1, -0.05) is 0 Å². The van der Waals surface area contributed by atoms with E-state index in [0.717, 1.165) is 0 Å². The highest BCUT2D eigenvalue weighted by atomic mass is 32.2. The molecule has 1 atom stereocenters. The molecular formula is C20H21N3O6S. The van der Waals surface area contributed by atoms with Gasteiger partial charge in [0.1, 0.15) is 29.2 Å². The summed E-state index contributed by atoms with van der Waals surface area (Å²) in [5.41, 5.74) is 0.235. The number of hydrogen-bond acceptors (Lipinski definition) is 7. The fourth-order valence-corrected chi connectivity index (χ4v) is 3.29. The molecule has 0 saturated heterocycles. The van der Waals surface area contributed by atoms with E-state index in [9.17, 15) is 18.3 Å². The normalized spacial score (nSPS) is 12.4. The van der Waals surface area contributed by atoms with Gasteiger partial charge in [-0.2, -0.15) is 0 Å². The van der Waals surface area contributed by atoms with E-state index >= 15 is 0 Å². The molecule has 10 heteroatoms. The van der Waals surface area contributed by atoms with Crippen LogP contribution in [0.25, 0.3) is 11.4 Å². The highest BCUT2D eigenvalue weighted by Gasteiger charge is 2.13. The van der Waals surface area contributed by atoms with E-state index in [-0.39, 0.29) is 17.1 Å². The SMILES string of the molecule is CNS(=O)(=O)c1ccc(Oc2cc(OC(C)CO)cc(-c3nccc(=O)[nH]3)c2)cc1. The van der Waals surface area contributed by atoms with Crippen LogP contribution in [0.2, 0.25) is 0 Å². The van der Waals surface area contributed by atoms with Crippen LogP contribution < -0.4 is 19.8 Å². The molecule has 1 heterocycles. The van der Waals surface area contributed by atoms with E-state index in [4.69, 9.17) is 9.47 Å². The van der Waals surface area contributed by atoms with Gasteiger partial charge in [0.05, 0.1) is 11.5 Å². The second-order valence-electron chi connectivity index (χ2n) is 6.37. The predicted molar refractivity (Wildman–Crippen MR) is 110 cm³/mol. The van der Waals surface area contributed by atoms with Crippen molar-refractivity contribution in [3.05, 3.63) is 65.1 Å². The van der Waals surface area contributed by atoms with Crippen molar-refractivity contribution in [2.45, 2.75) is 17.9 Å². The van der Waals surface area contributed by atoms with Crippen molar-refractivity contribution in [2.24, 2.45) is 0 Å². The standard InChI is InChI=1S/C20H21N3O6S/c1-13(12-24)28-16-9-14(20-22-8-7-19(25)23-20)10-17(11-16)29-15-3-5-18(6-4-15)30(26,27)21-2/h3-11,13,21,24H,12H2,1-2H3,(H,22,23,25). The number of aliphatic hydroxyl groups is 1. The number of nitrogens with one attached hydrogen (secondary N) is 2. The van der Waals surface area contributed by atoms with E-state index in [0.29, 0.717) is 28.6 Å². The van der Waals surface area contributed by atoms with Crippen LogP contribution in [0.5, 0.6) is 17.2 Å². The smallest absolute Gasteiger partial charge is 0.251 e. The summed E-state index contributed by atoms with van der Waals surface area (Å²) in [5, 5.41) is 9.27. The third kappa shape index (κ3) is 5.23. The minimum absolute atomic E-state index is 0.109. The number of nitrogens with zero attached hydrogens (tertiary/aromatic N) is 1. The van der Waals surface area contributed by atoms with E-state index in [1.54, 1.807) is 25.1 Å². The lowest BCUT2D eigenvalue weighted by Crippen LogP contribution is -2.18. The van der Waals surface area contributed by atoms with Crippen LogP contribution in [0.1, 0.15) is 6.92 Å². The van der Waals surface area contributed by atoms with Crippen molar-refractivity contribution in [3.63, 3.8) is 0 Å². The topological polar surface area (TPSA) is 131 Å². The molecule has 9 nitrogen and oxygen atoms in total. The van der Waals surface area contributed by atoms with Gasteiger partial charge in [0.15, 0.2) is 0 Å². The summed E-state index contributed by atoms with van der Waals surface area (Å²) in [6.07, 6.45) is 0.932. The molecule has 3 aromatic rings. The van der Waals surface area contributed by atoms with Crippen molar-refractivity contribution in [1.29, 1.82) is 0 Å². The second-order valence-corrected chi connectivity index (χ2v) is 8.25. The third-order valence-corrected chi connectivity index (χ3v) is 5.49. The largest absolute Gasteiger partial charge is 0.488 e. The number of aliphatic hydroxyl groups excluding tert-OH is 1. The molecule has 1 unspecified atom stereocenters. The zero-order valence-corrected chi connectivity index (χ0v) is 17.1. The van der Waals surface area contributed by atoms with Crippen LogP contribution in [0.15, 0.2) is 64.4 Å². The fraction of sp³-hybridized carbons (Fsp3) is 0.200. The zero-order chi connectivity index (χ0) is 21.7. The summed E-state index contributed by atoms with van der Waals surface area (Å²) in [5.74, 6) is 1.51. The molecule has 30 heavy (non-hydrogen) atoms. The van der Waals surface area contributed by atoms with E-state index < -0.39 is 16.1 Å². The Morgan fingerprint density at radius 1 is 1.10 bits per heavy atom. The highest BCUT2D eigenvalue weighted by Crippen LogP contribution is 2.31. The number of H-pyrrole nitrogens is 1. The minimum atomic E-state index is -3.55. The van der Waals surface area contributed by atoms with Crippen LogP contribution in [-0.4, -0.2) is 43.3 Å². The third-order valence-electron chi connectivity index (χ3n) is 4.06. The quantitative estimate of drug-likeness (QED) is 0.496. The Bertz CT molecular complexity index is 1180. The Hall–Kier alpha value is -3.21. The van der Waals surface area contributed by atoms with Gasteiger partial charge in [0, 0.05) is 23.9 Å². The Kier molecular flexibility index (Phi) is 6.50. The van der Waals surface area contributed by atoms with Gasteiger partial charge in [0.25, 0.3) is 5.56 Å². The Labute approximate surface area is 173 Å². The van der Waals surface area contributed by atoms with E-state index in [2.05, 4.69) is 14.7 Å². The Balaban J connectivity index is 1.96. The van der Waals surface area contributed by atoms with Gasteiger partial charge in [0.2, 0.25) is 10.0 Å². The monoisotopic (exact) mass is 431 g/mol. The lowest BCUT2D eigenvalue weighted by Gasteiger charge is -2.15. The van der Waals surface area contributed by atoms with Gasteiger partial charge in [-0.05, 0) is 50.4 Å². The summed E-state index contributed by atoms with van der Waals surface area (Å²) < 4.78 is 37.5. The van der Waals surface area contributed by atoms with Crippen molar-refractivity contribution in [1.82, 2.24) is 14.7 Å². The fourth-order valence-electron chi connectivity index (χ4n) is 2.56. The molecule has 0 bridgehead atoms. The van der Waals surface area contributed by atoms with Gasteiger partial charge < -0.3 is 19.6 Å². The lowest BCUT2D eigenvalue weighted by molar-refractivity contribution is 0.129. The lowest BCUT2D eigenvalue weighted by atomic mass is 10.2. The molecule has 2 aromatic carbocycles. The molecule has 0 amide bonds. The summed E-state index contributed by atoms with van der Waals surface area (Å²) in [4.78, 5) is 18.5. The van der Waals surface area contributed by atoms with Crippen LogP contribution in [-0.2, 0) is 10.0 Å². The maximum absolute atomic E-state index is 11.9. The average Bonchev–Trinajstić information content (AvgIpc) is 2.74. The van der Waals surface area contributed by atoms with Gasteiger partial charge in [-0.3, -0.25) is 4.79 Å². The number of hydrogen-bond donors (Lipinski definition) is 3. The van der Waals surface area contributed by atoms with Crippen LogP contribution in [0.4, 0.5) is 0 Å². The molecule has 0 fully saturated rings. The Morgan fingerprint density at radius 3 is 2.43 bits per heavy atom. The highest BCUT2D eigenvalue weighted by molar-refractivity contribution is 7.89. The van der Waals surface area contributed by atoms with Crippen molar-refractivity contribution in [2.75, 3.05) is 13.7 Å². The number of sulfonamides is 1. The molecule has 3 rings (SSSR count). The maximum Gasteiger partial charge on any atom is 0.251 e. The molecule has 158 valence electrons. The molecule has 1 aromatic heterocycles. The summed E-state index contributed by atoms with van der Waals surface area (Å²) >= 11 is 0. The molecular weight excluding hydrogens is 410 g/mol. The van der Waals surface area contributed by atoms with Crippen LogP contribution in [0, 0.1) is 0 Å². The number of aromatic nitrogens is 2. The number of ether oxygens (including phenoxy) is 2. The summed E-state index contributed by atoms with van der Waals surface area (Å²) in [6.45, 7) is 1.53. The van der Waals surface area contributed by atoms with Crippen molar-refractivity contribution < 1.29 is 23.0 Å². The number of benzene rings is 2. The first-order chi connectivity index (χ1) is 14.3. The minimum Gasteiger partial charge on any atom is -0.488 e. The number of aromatic amines is 1. The second kappa shape index (κ2) is 9.08. The summed E-state index contributed by atoms with van der Waals surface area (Å²) in [6, 6.07) is 12.1. The average molecular weight is 431 g/mol. The number of rotatable bonds is 8. The van der Waals surface area contributed by atoms with Crippen molar-refractivity contribution >= 4 is 10.0 Å². The molecule has 0 radical (unpaired) electrons. The maximum atomic E-state index is 11.9. The summed E-state index contributed by atoms with van der Waals surface area (Å²) in [7, 11) is -2.21. The molecule has 0 aliphatic carbocycles. The first kappa shape index (κ1) is 21.5. The van der Waals surface area contributed by atoms with E-state index in [1.165, 1.54) is 43.6 Å². The zero-order valence-electron chi connectivity index (χ0n) is 16.3. The molecule has 0 spiro atoms. The molecule has 3 N–H and O–H groups in total. The van der Waals surface area contributed by atoms with Gasteiger partial charge in [-0.15, -0.1) is 0 Å².